The second kappa shape index (κ2) is 10.7. The van der Waals surface area contributed by atoms with Crippen LogP contribution in [-0.4, -0.2) is 56.4 Å². The van der Waals surface area contributed by atoms with Crippen molar-refractivity contribution >= 4 is 23.1 Å². The van der Waals surface area contributed by atoms with Gasteiger partial charge in [0.25, 0.3) is 0 Å². The topological polar surface area (TPSA) is 61.9 Å². The van der Waals surface area contributed by atoms with E-state index in [0.29, 0.717) is 36.5 Å². The van der Waals surface area contributed by atoms with E-state index in [1.807, 2.05) is 11.9 Å². The van der Waals surface area contributed by atoms with Crippen LogP contribution in [0.2, 0.25) is 0 Å². The normalized spacial score (nSPS) is 14.8. The molecular formula is C24H28F3N3O3. The summed E-state index contributed by atoms with van der Waals surface area (Å²) in [5.41, 5.74) is -0.0290. The third-order valence-corrected chi connectivity index (χ3v) is 5.53. The van der Waals surface area contributed by atoms with Crippen LogP contribution in [0.3, 0.4) is 0 Å². The molecule has 0 aliphatic carbocycles. The van der Waals surface area contributed by atoms with Crippen molar-refractivity contribution in [2.45, 2.75) is 25.9 Å². The van der Waals surface area contributed by atoms with Crippen LogP contribution in [0.4, 0.5) is 24.5 Å². The molecule has 2 aromatic carbocycles. The quantitative estimate of drug-likeness (QED) is 0.463. The van der Waals surface area contributed by atoms with Crippen molar-refractivity contribution in [3.8, 4) is 5.75 Å². The largest absolute Gasteiger partial charge is 0.494 e. The van der Waals surface area contributed by atoms with Crippen molar-refractivity contribution in [2.75, 3.05) is 50.1 Å². The Kier molecular flexibility index (Phi) is 7.97. The van der Waals surface area contributed by atoms with Gasteiger partial charge in [-0.2, -0.15) is 13.2 Å². The number of hydrogen-bond acceptors (Lipinski definition) is 5. The van der Waals surface area contributed by atoms with Crippen molar-refractivity contribution in [1.82, 2.24) is 4.90 Å². The molecule has 9 heteroatoms. The molecule has 0 unspecified atom stereocenters. The maximum atomic E-state index is 13.7. The number of benzene rings is 2. The van der Waals surface area contributed by atoms with E-state index in [4.69, 9.17) is 4.74 Å². The Morgan fingerprint density at radius 3 is 2.30 bits per heavy atom. The highest BCUT2D eigenvalue weighted by Crippen LogP contribution is 2.37. The van der Waals surface area contributed by atoms with Crippen LogP contribution in [0.5, 0.6) is 5.75 Å². The molecule has 33 heavy (non-hydrogen) atoms. The summed E-state index contributed by atoms with van der Waals surface area (Å²) in [4.78, 5) is 27.6. The standard InChI is InChI=1S/C24H28F3N3O3/c1-17(31)18-5-8-20(9-6-18)33-15-3-4-23(32)28-22-10-7-19(16-21(22)24(25,26)27)30-13-11-29(2)12-14-30/h5-10,16H,3-4,11-15H2,1-2H3,(H,28,32). The molecule has 2 aromatic rings. The van der Waals surface area contributed by atoms with Crippen LogP contribution in [0, 0.1) is 0 Å². The molecule has 1 heterocycles. The van der Waals surface area contributed by atoms with Crippen LogP contribution in [0.1, 0.15) is 35.7 Å². The lowest BCUT2D eigenvalue weighted by Crippen LogP contribution is -2.44. The van der Waals surface area contributed by atoms with E-state index in [2.05, 4.69) is 10.2 Å². The van der Waals surface area contributed by atoms with E-state index in [-0.39, 0.29) is 24.5 Å². The fourth-order valence-electron chi connectivity index (χ4n) is 3.56. The number of hydrogen-bond donors (Lipinski definition) is 1. The maximum Gasteiger partial charge on any atom is 0.418 e. The maximum absolute atomic E-state index is 13.7. The number of Topliss-reactive ketones (excluding diaryl/α,β-unsaturated/α-hetero) is 1. The lowest BCUT2D eigenvalue weighted by atomic mass is 10.1. The summed E-state index contributed by atoms with van der Waals surface area (Å²) in [7, 11) is 1.98. The monoisotopic (exact) mass is 463 g/mol. The van der Waals surface area contributed by atoms with Gasteiger partial charge in [-0.25, -0.2) is 0 Å². The van der Waals surface area contributed by atoms with Gasteiger partial charge < -0.3 is 19.9 Å². The number of halogens is 3. The SMILES string of the molecule is CC(=O)c1ccc(OCCCC(=O)Nc2ccc(N3CCN(C)CC3)cc2C(F)(F)F)cc1. The minimum Gasteiger partial charge on any atom is -0.494 e. The predicted molar refractivity (Wildman–Crippen MR) is 121 cm³/mol. The van der Waals surface area contributed by atoms with Crippen molar-refractivity contribution in [3.05, 3.63) is 53.6 Å². The van der Waals surface area contributed by atoms with Gasteiger partial charge in [0, 0.05) is 43.9 Å². The molecule has 0 aromatic heterocycles. The van der Waals surface area contributed by atoms with Crippen molar-refractivity contribution in [1.29, 1.82) is 0 Å². The highest BCUT2D eigenvalue weighted by atomic mass is 19.4. The molecule has 1 N–H and O–H groups in total. The van der Waals surface area contributed by atoms with Crippen molar-refractivity contribution in [3.63, 3.8) is 0 Å². The number of likely N-dealkylation sites (N-methyl/N-ethyl adjacent to an activating group) is 1. The number of piperazine rings is 1. The van der Waals surface area contributed by atoms with Crippen LogP contribution in [0.25, 0.3) is 0 Å². The third kappa shape index (κ3) is 6.95. The minimum atomic E-state index is -4.58. The number of rotatable bonds is 8. The van der Waals surface area contributed by atoms with E-state index in [1.165, 1.54) is 13.0 Å². The number of ether oxygens (including phenoxy) is 1. The number of carbonyl (C=O) groups excluding carboxylic acids is 2. The van der Waals surface area contributed by atoms with Gasteiger partial charge in [-0.05, 0) is 62.9 Å². The first-order chi connectivity index (χ1) is 15.6. The molecule has 178 valence electrons. The highest BCUT2D eigenvalue weighted by molar-refractivity contribution is 5.94. The fraction of sp³-hybridized carbons (Fsp3) is 0.417. The van der Waals surface area contributed by atoms with Crippen molar-refractivity contribution < 1.29 is 27.5 Å². The molecule has 0 radical (unpaired) electrons. The van der Waals surface area contributed by atoms with Gasteiger partial charge in [-0.1, -0.05) is 0 Å². The summed E-state index contributed by atoms with van der Waals surface area (Å²) in [5, 5.41) is 2.39. The van der Waals surface area contributed by atoms with Gasteiger partial charge in [0.2, 0.25) is 5.91 Å². The Morgan fingerprint density at radius 2 is 1.70 bits per heavy atom. The Balaban J connectivity index is 1.55. The summed E-state index contributed by atoms with van der Waals surface area (Å²) in [6.45, 7) is 4.56. The smallest absolute Gasteiger partial charge is 0.418 e. The number of alkyl halides is 3. The second-order valence-corrected chi connectivity index (χ2v) is 8.10. The average molecular weight is 464 g/mol. The zero-order valence-electron chi connectivity index (χ0n) is 18.7. The van der Waals surface area contributed by atoms with Crippen LogP contribution in [0.15, 0.2) is 42.5 Å². The van der Waals surface area contributed by atoms with E-state index in [9.17, 15) is 22.8 Å². The molecule has 0 atom stereocenters. The van der Waals surface area contributed by atoms with Gasteiger partial charge in [-0.15, -0.1) is 0 Å². The zero-order chi connectivity index (χ0) is 24.0. The Hall–Kier alpha value is -3.07. The van der Waals surface area contributed by atoms with E-state index in [1.54, 1.807) is 30.3 Å². The summed E-state index contributed by atoms with van der Waals surface area (Å²) >= 11 is 0. The van der Waals surface area contributed by atoms with Gasteiger partial charge in [0.15, 0.2) is 5.78 Å². The number of nitrogens with zero attached hydrogens (tertiary/aromatic N) is 2. The lowest BCUT2D eigenvalue weighted by Gasteiger charge is -2.34. The Labute approximate surface area is 191 Å². The molecule has 3 rings (SSSR count). The van der Waals surface area contributed by atoms with Crippen LogP contribution in [-0.2, 0) is 11.0 Å². The van der Waals surface area contributed by atoms with Gasteiger partial charge in [-0.3, -0.25) is 9.59 Å². The first-order valence-electron chi connectivity index (χ1n) is 10.8. The van der Waals surface area contributed by atoms with Gasteiger partial charge in [0.05, 0.1) is 17.9 Å². The molecular weight excluding hydrogens is 435 g/mol. The number of carbonyl (C=O) groups is 2. The minimum absolute atomic E-state index is 0.0169. The summed E-state index contributed by atoms with van der Waals surface area (Å²) in [6.07, 6.45) is -4.23. The molecule has 1 aliphatic rings. The molecule has 6 nitrogen and oxygen atoms in total. The average Bonchev–Trinajstić information content (AvgIpc) is 2.77. The number of amides is 1. The molecule has 1 saturated heterocycles. The Bertz CT molecular complexity index is 969. The Morgan fingerprint density at radius 1 is 1.03 bits per heavy atom. The van der Waals surface area contributed by atoms with E-state index < -0.39 is 17.6 Å². The molecule has 0 spiro atoms. The summed E-state index contributed by atoms with van der Waals surface area (Å²) < 4.78 is 46.5. The first-order valence-corrected chi connectivity index (χ1v) is 10.8. The number of nitrogens with one attached hydrogen (secondary N) is 1. The number of anilines is 2. The molecule has 1 amide bonds. The fourth-order valence-corrected chi connectivity index (χ4v) is 3.56. The molecule has 0 saturated carbocycles. The lowest BCUT2D eigenvalue weighted by molar-refractivity contribution is -0.136. The van der Waals surface area contributed by atoms with Crippen LogP contribution >= 0.6 is 0 Å². The first kappa shape index (κ1) is 24.6. The van der Waals surface area contributed by atoms with Crippen LogP contribution < -0.4 is 15.0 Å². The van der Waals surface area contributed by atoms with E-state index in [0.717, 1.165) is 19.2 Å². The van der Waals surface area contributed by atoms with Gasteiger partial charge in [0.1, 0.15) is 5.75 Å². The van der Waals surface area contributed by atoms with Crippen molar-refractivity contribution in [2.24, 2.45) is 0 Å². The molecule has 0 bridgehead atoms. The second-order valence-electron chi connectivity index (χ2n) is 8.10. The predicted octanol–water partition coefficient (Wildman–Crippen LogP) is 4.46. The summed E-state index contributed by atoms with van der Waals surface area (Å²) in [5.74, 6) is -0.00403. The zero-order valence-corrected chi connectivity index (χ0v) is 18.7. The van der Waals surface area contributed by atoms with E-state index >= 15 is 0 Å². The molecule has 1 fully saturated rings. The molecule has 1 aliphatic heterocycles. The summed E-state index contributed by atoms with van der Waals surface area (Å²) in [6, 6.07) is 10.7. The third-order valence-electron chi connectivity index (χ3n) is 5.53. The highest BCUT2D eigenvalue weighted by Gasteiger charge is 2.35. The number of ketones is 1. The van der Waals surface area contributed by atoms with Gasteiger partial charge >= 0.3 is 6.18 Å².